The molecule has 0 fully saturated rings. The summed E-state index contributed by atoms with van der Waals surface area (Å²) >= 11 is 0. The summed E-state index contributed by atoms with van der Waals surface area (Å²) in [4.78, 5) is 0. The third-order valence-electron chi connectivity index (χ3n) is 2.14. The lowest BCUT2D eigenvalue weighted by Gasteiger charge is -2.11. The molecule has 0 heterocycles. The number of rotatable bonds is 6. The maximum atomic E-state index is 7.12. The van der Waals surface area contributed by atoms with Gasteiger partial charge in [-0.05, 0) is 18.9 Å². The van der Waals surface area contributed by atoms with Gasteiger partial charge in [-0.1, -0.05) is 30.3 Å². The van der Waals surface area contributed by atoms with E-state index in [4.69, 9.17) is 15.9 Å². The van der Waals surface area contributed by atoms with Crippen molar-refractivity contribution in [3.05, 3.63) is 35.9 Å². The molecule has 3 N–H and O–H groups in total. The lowest BCUT2D eigenvalue weighted by atomic mass is 10.2. The molecule has 0 saturated heterocycles. The topological polar surface area (TPSA) is 59.1 Å². The Morgan fingerprint density at radius 2 is 2.07 bits per heavy atom. The van der Waals surface area contributed by atoms with Crippen LogP contribution in [-0.2, 0) is 11.2 Å². The Balaban J connectivity index is 2.19. The third kappa shape index (κ3) is 5.18. The number of ether oxygens (including phenoxy) is 1. The van der Waals surface area contributed by atoms with Crippen molar-refractivity contribution in [3.8, 4) is 0 Å². The number of hydrogen-bond acceptors (Lipinski definition) is 2. The Hall–Kier alpha value is -1.35. The molecular weight excluding hydrogens is 188 g/mol. The molecule has 1 atom stereocenters. The van der Waals surface area contributed by atoms with Crippen molar-refractivity contribution in [2.24, 2.45) is 5.73 Å². The maximum absolute atomic E-state index is 7.12. The zero-order valence-corrected chi connectivity index (χ0v) is 9.07. The first-order valence-electron chi connectivity index (χ1n) is 5.17. The molecule has 0 saturated carbocycles. The Labute approximate surface area is 90.8 Å². The minimum Gasteiger partial charge on any atom is -0.388 e. The van der Waals surface area contributed by atoms with Gasteiger partial charge in [0.25, 0.3) is 0 Å². The van der Waals surface area contributed by atoms with Crippen molar-refractivity contribution in [2.45, 2.75) is 25.9 Å². The molecule has 3 heteroatoms. The molecule has 0 aliphatic rings. The van der Waals surface area contributed by atoms with Crippen LogP contribution >= 0.6 is 0 Å². The predicted molar refractivity (Wildman–Crippen MR) is 62.1 cm³/mol. The van der Waals surface area contributed by atoms with Crippen molar-refractivity contribution in [1.82, 2.24) is 0 Å². The van der Waals surface area contributed by atoms with Gasteiger partial charge in [0.1, 0.15) is 0 Å². The molecule has 1 aromatic rings. The third-order valence-corrected chi connectivity index (χ3v) is 2.14. The summed E-state index contributed by atoms with van der Waals surface area (Å²) in [6.07, 6.45) is 1.45. The van der Waals surface area contributed by atoms with Crippen molar-refractivity contribution in [2.75, 3.05) is 6.61 Å². The number of amidine groups is 1. The monoisotopic (exact) mass is 206 g/mol. The Kier molecular flexibility index (Phi) is 4.84. The Morgan fingerprint density at radius 3 is 2.67 bits per heavy atom. The van der Waals surface area contributed by atoms with E-state index in [2.05, 4.69) is 12.1 Å². The van der Waals surface area contributed by atoms with Gasteiger partial charge in [-0.2, -0.15) is 0 Å². The van der Waals surface area contributed by atoms with Crippen LogP contribution in [0.5, 0.6) is 0 Å². The summed E-state index contributed by atoms with van der Waals surface area (Å²) in [6, 6.07) is 10.2. The van der Waals surface area contributed by atoms with Crippen LogP contribution in [0.15, 0.2) is 30.3 Å². The average Bonchev–Trinajstić information content (AvgIpc) is 2.18. The summed E-state index contributed by atoms with van der Waals surface area (Å²) in [5.74, 6) is 0.183. The van der Waals surface area contributed by atoms with E-state index in [0.717, 1.165) is 6.42 Å². The van der Waals surface area contributed by atoms with Gasteiger partial charge >= 0.3 is 0 Å². The highest BCUT2D eigenvalue weighted by Gasteiger charge is 2.03. The van der Waals surface area contributed by atoms with E-state index in [0.29, 0.717) is 13.0 Å². The Morgan fingerprint density at radius 1 is 1.40 bits per heavy atom. The van der Waals surface area contributed by atoms with Crippen LogP contribution in [0.2, 0.25) is 0 Å². The molecule has 0 amide bonds. The second-order valence-electron chi connectivity index (χ2n) is 3.65. The van der Waals surface area contributed by atoms with E-state index in [9.17, 15) is 0 Å². The minimum absolute atomic E-state index is 0.0335. The van der Waals surface area contributed by atoms with Crippen LogP contribution in [0.25, 0.3) is 0 Å². The first kappa shape index (κ1) is 11.7. The van der Waals surface area contributed by atoms with Gasteiger partial charge in [-0.3, -0.25) is 5.41 Å². The van der Waals surface area contributed by atoms with E-state index in [1.165, 1.54) is 5.56 Å². The van der Waals surface area contributed by atoms with Gasteiger partial charge in [0.05, 0.1) is 18.5 Å². The van der Waals surface area contributed by atoms with Crippen molar-refractivity contribution in [3.63, 3.8) is 0 Å². The van der Waals surface area contributed by atoms with Crippen molar-refractivity contribution < 1.29 is 4.74 Å². The molecule has 82 valence electrons. The zero-order chi connectivity index (χ0) is 11.1. The quantitative estimate of drug-likeness (QED) is 0.552. The van der Waals surface area contributed by atoms with Gasteiger partial charge < -0.3 is 10.5 Å². The molecule has 0 aliphatic heterocycles. The molecule has 0 aromatic heterocycles. The largest absolute Gasteiger partial charge is 0.388 e. The summed E-state index contributed by atoms with van der Waals surface area (Å²) in [5.41, 5.74) is 6.55. The van der Waals surface area contributed by atoms with E-state index in [1.54, 1.807) is 0 Å². The van der Waals surface area contributed by atoms with Crippen LogP contribution in [0, 0.1) is 5.41 Å². The molecule has 0 spiro atoms. The van der Waals surface area contributed by atoms with Crippen LogP contribution < -0.4 is 5.73 Å². The standard InChI is InChI=1S/C12H18N2O/c1-10(9-12(13)14)15-8-7-11-5-3-2-4-6-11/h2-6,10H,7-9H2,1H3,(H3,13,14). The first-order valence-corrected chi connectivity index (χ1v) is 5.17. The fourth-order valence-electron chi connectivity index (χ4n) is 1.39. The summed E-state index contributed by atoms with van der Waals surface area (Å²) in [6.45, 7) is 2.62. The number of nitrogens with one attached hydrogen (secondary N) is 1. The predicted octanol–water partition coefficient (Wildman–Crippen LogP) is 1.96. The van der Waals surface area contributed by atoms with Crippen LogP contribution in [0.4, 0.5) is 0 Å². The summed E-state index contributed by atoms with van der Waals surface area (Å²) in [5, 5.41) is 7.12. The molecule has 3 nitrogen and oxygen atoms in total. The first-order chi connectivity index (χ1) is 7.18. The molecule has 0 bridgehead atoms. The van der Waals surface area contributed by atoms with Crippen LogP contribution in [0.3, 0.4) is 0 Å². The maximum Gasteiger partial charge on any atom is 0.0931 e. The Bertz CT molecular complexity index is 298. The molecule has 1 aromatic carbocycles. The second-order valence-corrected chi connectivity index (χ2v) is 3.65. The zero-order valence-electron chi connectivity index (χ0n) is 9.07. The van der Waals surface area contributed by atoms with Crippen molar-refractivity contribution >= 4 is 5.84 Å². The molecular formula is C12H18N2O. The minimum atomic E-state index is 0.0335. The molecule has 15 heavy (non-hydrogen) atoms. The SMILES string of the molecule is CC(CC(=N)N)OCCc1ccccc1. The molecule has 0 radical (unpaired) electrons. The number of hydrogen-bond donors (Lipinski definition) is 2. The number of nitrogens with two attached hydrogens (primary N) is 1. The van der Waals surface area contributed by atoms with E-state index in [-0.39, 0.29) is 11.9 Å². The molecule has 0 aliphatic carbocycles. The van der Waals surface area contributed by atoms with E-state index >= 15 is 0 Å². The van der Waals surface area contributed by atoms with Gasteiger partial charge in [-0.25, -0.2) is 0 Å². The van der Waals surface area contributed by atoms with Crippen LogP contribution in [0.1, 0.15) is 18.9 Å². The van der Waals surface area contributed by atoms with Crippen LogP contribution in [-0.4, -0.2) is 18.5 Å². The fraction of sp³-hybridized carbons (Fsp3) is 0.417. The highest BCUT2D eigenvalue weighted by molar-refractivity contribution is 5.77. The highest BCUT2D eigenvalue weighted by Crippen LogP contribution is 2.02. The lowest BCUT2D eigenvalue weighted by molar-refractivity contribution is 0.0732. The highest BCUT2D eigenvalue weighted by atomic mass is 16.5. The van der Waals surface area contributed by atoms with Gasteiger partial charge in [0.2, 0.25) is 0 Å². The average molecular weight is 206 g/mol. The van der Waals surface area contributed by atoms with Gasteiger partial charge in [0, 0.05) is 6.42 Å². The molecule has 1 unspecified atom stereocenters. The number of benzene rings is 1. The molecule has 1 rings (SSSR count). The smallest absolute Gasteiger partial charge is 0.0931 e. The van der Waals surface area contributed by atoms with E-state index in [1.807, 2.05) is 25.1 Å². The summed E-state index contributed by atoms with van der Waals surface area (Å²) in [7, 11) is 0. The van der Waals surface area contributed by atoms with Gasteiger partial charge in [-0.15, -0.1) is 0 Å². The lowest BCUT2D eigenvalue weighted by Crippen LogP contribution is -2.20. The van der Waals surface area contributed by atoms with E-state index < -0.39 is 0 Å². The second kappa shape index (κ2) is 6.19. The van der Waals surface area contributed by atoms with Crippen molar-refractivity contribution in [1.29, 1.82) is 5.41 Å². The van der Waals surface area contributed by atoms with Gasteiger partial charge in [0.15, 0.2) is 0 Å². The normalized spacial score (nSPS) is 12.3. The summed E-state index contributed by atoms with van der Waals surface area (Å²) < 4.78 is 5.54. The fourth-order valence-corrected chi connectivity index (χ4v) is 1.39.